The fourth-order valence-electron chi connectivity index (χ4n) is 2.62. The van der Waals surface area contributed by atoms with E-state index in [9.17, 15) is 9.90 Å². The first kappa shape index (κ1) is 15.8. The second-order valence-electron chi connectivity index (χ2n) is 5.59. The van der Waals surface area contributed by atoms with Crippen molar-refractivity contribution in [2.24, 2.45) is 0 Å². The van der Waals surface area contributed by atoms with Crippen LogP contribution in [0.3, 0.4) is 0 Å². The summed E-state index contributed by atoms with van der Waals surface area (Å²) >= 11 is 0. The minimum Gasteiger partial charge on any atom is -0.490 e. The number of carbonyl (C=O) groups is 1. The van der Waals surface area contributed by atoms with Gasteiger partial charge in [-0.25, -0.2) is 0 Å². The Morgan fingerprint density at radius 3 is 2.57 bits per heavy atom. The van der Waals surface area contributed by atoms with Crippen LogP contribution in [0, 0.1) is 13.8 Å². The number of ether oxygens (including phenoxy) is 1. The molecule has 1 fully saturated rings. The predicted molar refractivity (Wildman–Crippen MR) is 81.2 cm³/mol. The molecule has 5 heteroatoms. The van der Waals surface area contributed by atoms with Gasteiger partial charge in [-0.15, -0.1) is 0 Å². The Bertz CT molecular complexity index is 484. The lowest BCUT2D eigenvalue weighted by atomic mass is 10.1. The Hall–Kier alpha value is -1.59. The van der Waals surface area contributed by atoms with Crippen LogP contribution in [-0.2, 0) is 4.79 Å². The van der Waals surface area contributed by atoms with Gasteiger partial charge in [0.2, 0.25) is 5.91 Å². The highest BCUT2D eigenvalue weighted by molar-refractivity contribution is 5.79. The number of amides is 1. The molecule has 1 heterocycles. The van der Waals surface area contributed by atoms with Crippen LogP contribution in [0.2, 0.25) is 0 Å². The first-order valence-electron chi connectivity index (χ1n) is 7.38. The molecular weight excluding hydrogens is 268 g/mol. The van der Waals surface area contributed by atoms with Crippen LogP contribution in [-0.4, -0.2) is 59.8 Å². The molecule has 0 aromatic heterocycles. The number of carbonyl (C=O) groups excluding carboxylic acids is 1. The van der Waals surface area contributed by atoms with Crippen molar-refractivity contribution in [3.63, 3.8) is 0 Å². The maximum absolute atomic E-state index is 11.6. The number of aryl methyl sites for hydroxylation is 2. The third-order valence-electron chi connectivity index (χ3n) is 3.76. The molecule has 0 aliphatic carbocycles. The van der Waals surface area contributed by atoms with Gasteiger partial charge in [0.15, 0.2) is 0 Å². The Kier molecular flexibility index (Phi) is 5.20. The molecule has 1 aliphatic rings. The number of hydrogen-bond donors (Lipinski definition) is 1. The van der Waals surface area contributed by atoms with Gasteiger partial charge >= 0.3 is 0 Å². The van der Waals surface area contributed by atoms with E-state index in [4.69, 9.17) is 4.74 Å². The topological polar surface area (TPSA) is 53.0 Å². The summed E-state index contributed by atoms with van der Waals surface area (Å²) in [4.78, 5) is 15.4. The van der Waals surface area contributed by atoms with Crippen molar-refractivity contribution in [3.05, 3.63) is 29.3 Å². The zero-order valence-electron chi connectivity index (χ0n) is 13.0. The summed E-state index contributed by atoms with van der Waals surface area (Å²) < 4.78 is 5.74. The first-order chi connectivity index (χ1) is 10.0. The van der Waals surface area contributed by atoms with Crippen molar-refractivity contribution in [2.45, 2.75) is 26.9 Å². The summed E-state index contributed by atoms with van der Waals surface area (Å²) in [6.45, 7) is 8.33. The highest BCUT2D eigenvalue weighted by atomic mass is 16.5. The molecule has 0 radical (unpaired) electrons. The maximum Gasteiger partial charge on any atom is 0.237 e. The summed E-state index contributed by atoms with van der Waals surface area (Å²) in [6.07, 6.45) is -0.603. The first-order valence-corrected chi connectivity index (χ1v) is 7.38. The van der Waals surface area contributed by atoms with E-state index in [1.165, 1.54) is 0 Å². The smallest absolute Gasteiger partial charge is 0.237 e. The number of hydrogen-bond acceptors (Lipinski definition) is 4. The summed E-state index contributed by atoms with van der Waals surface area (Å²) in [5.74, 6) is 0.963. The van der Waals surface area contributed by atoms with Crippen LogP contribution in [0.1, 0.15) is 18.1 Å². The standard InChI is InChI=1S/C16H24N2O3/c1-4-18-11-17(9-15(18)20)8-14(19)10-21-16-12(2)6-5-7-13(16)3/h5-7,14,19H,4,8-11H2,1-3H3/t14-/m1/s1. The number of aliphatic hydroxyl groups excluding tert-OH is 1. The third-order valence-corrected chi connectivity index (χ3v) is 3.76. The highest BCUT2D eigenvalue weighted by Gasteiger charge is 2.27. The van der Waals surface area contributed by atoms with E-state index in [0.29, 0.717) is 26.3 Å². The fourth-order valence-corrected chi connectivity index (χ4v) is 2.62. The molecule has 2 rings (SSSR count). The lowest BCUT2D eigenvalue weighted by molar-refractivity contribution is -0.126. The van der Waals surface area contributed by atoms with Crippen molar-refractivity contribution in [1.29, 1.82) is 0 Å². The van der Waals surface area contributed by atoms with Gasteiger partial charge in [0.25, 0.3) is 0 Å². The largest absolute Gasteiger partial charge is 0.490 e. The normalized spacial score (nSPS) is 17.3. The van der Waals surface area contributed by atoms with Gasteiger partial charge in [0.05, 0.1) is 13.2 Å². The van der Waals surface area contributed by atoms with Crippen LogP contribution in [0.15, 0.2) is 18.2 Å². The molecule has 0 spiro atoms. The van der Waals surface area contributed by atoms with Gasteiger partial charge in [-0.1, -0.05) is 18.2 Å². The number of nitrogens with zero attached hydrogens (tertiary/aromatic N) is 2. The Balaban J connectivity index is 1.83. The van der Waals surface area contributed by atoms with Crippen LogP contribution in [0.25, 0.3) is 0 Å². The molecule has 1 aromatic rings. The minimum absolute atomic E-state index is 0.125. The van der Waals surface area contributed by atoms with E-state index in [1.807, 2.05) is 43.9 Å². The van der Waals surface area contributed by atoms with Crippen molar-refractivity contribution in [1.82, 2.24) is 9.80 Å². The van der Waals surface area contributed by atoms with E-state index >= 15 is 0 Å². The van der Waals surface area contributed by atoms with Crippen LogP contribution >= 0.6 is 0 Å². The minimum atomic E-state index is -0.603. The Morgan fingerprint density at radius 2 is 2.00 bits per heavy atom. The molecule has 1 N–H and O–H groups in total. The van der Waals surface area contributed by atoms with Crippen LogP contribution in [0.5, 0.6) is 5.75 Å². The van der Waals surface area contributed by atoms with Gasteiger partial charge in [-0.2, -0.15) is 0 Å². The lowest BCUT2D eigenvalue weighted by Crippen LogP contribution is -2.35. The number of para-hydroxylation sites is 1. The predicted octanol–water partition coefficient (Wildman–Crippen LogP) is 1.16. The number of aliphatic hydroxyl groups is 1. The van der Waals surface area contributed by atoms with E-state index in [-0.39, 0.29) is 12.5 Å². The molecule has 0 saturated carbocycles. The van der Waals surface area contributed by atoms with E-state index in [0.717, 1.165) is 16.9 Å². The average molecular weight is 292 g/mol. The molecule has 1 aliphatic heterocycles. The highest BCUT2D eigenvalue weighted by Crippen LogP contribution is 2.22. The average Bonchev–Trinajstić information content (AvgIpc) is 2.78. The Morgan fingerprint density at radius 1 is 1.33 bits per heavy atom. The zero-order valence-corrected chi connectivity index (χ0v) is 13.0. The molecule has 1 saturated heterocycles. The summed E-state index contributed by atoms with van der Waals surface area (Å²) in [5.41, 5.74) is 2.13. The number of likely N-dealkylation sites (N-methyl/N-ethyl adjacent to an activating group) is 1. The molecule has 1 atom stereocenters. The van der Waals surface area contributed by atoms with Crippen molar-refractivity contribution < 1.29 is 14.6 Å². The van der Waals surface area contributed by atoms with E-state index < -0.39 is 6.10 Å². The Labute approximate surface area is 126 Å². The van der Waals surface area contributed by atoms with Gasteiger partial charge in [0.1, 0.15) is 18.5 Å². The quantitative estimate of drug-likeness (QED) is 0.855. The van der Waals surface area contributed by atoms with Gasteiger partial charge in [0, 0.05) is 13.1 Å². The fraction of sp³-hybridized carbons (Fsp3) is 0.562. The molecular formula is C16H24N2O3. The number of β-amino-alcohol motifs (C(OH)–C–C–N with tert-alkyl or cyclic N) is 1. The summed E-state index contributed by atoms with van der Waals surface area (Å²) in [5, 5.41) is 10.1. The monoisotopic (exact) mass is 292 g/mol. The van der Waals surface area contributed by atoms with Crippen molar-refractivity contribution >= 4 is 5.91 Å². The van der Waals surface area contributed by atoms with Gasteiger partial charge in [-0.05, 0) is 31.9 Å². The van der Waals surface area contributed by atoms with Crippen LogP contribution in [0.4, 0.5) is 0 Å². The lowest BCUT2D eigenvalue weighted by Gasteiger charge is -2.21. The van der Waals surface area contributed by atoms with Crippen molar-refractivity contribution in [2.75, 3.05) is 32.9 Å². The maximum atomic E-state index is 11.6. The molecule has 0 bridgehead atoms. The molecule has 1 aromatic carbocycles. The molecule has 116 valence electrons. The second-order valence-corrected chi connectivity index (χ2v) is 5.59. The van der Waals surface area contributed by atoms with Crippen LogP contribution < -0.4 is 4.74 Å². The SMILES string of the molecule is CCN1CN(C[C@@H](O)COc2c(C)cccc2C)CC1=O. The molecule has 21 heavy (non-hydrogen) atoms. The zero-order chi connectivity index (χ0) is 15.4. The molecule has 0 unspecified atom stereocenters. The third kappa shape index (κ3) is 3.95. The summed E-state index contributed by atoms with van der Waals surface area (Å²) in [7, 11) is 0. The van der Waals surface area contributed by atoms with Gasteiger partial charge < -0.3 is 14.7 Å². The molecule has 1 amide bonds. The number of rotatable bonds is 6. The number of benzene rings is 1. The second kappa shape index (κ2) is 6.91. The van der Waals surface area contributed by atoms with E-state index in [2.05, 4.69) is 0 Å². The van der Waals surface area contributed by atoms with E-state index in [1.54, 1.807) is 4.90 Å². The summed E-state index contributed by atoms with van der Waals surface area (Å²) in [6, 6.07) is 5.98. The molecule has 5 nitrogen and oxygen atoms in total. The van der Waals surface area contributed by atoms with Crippen molar-refractivity contribution in [3.8, 4) is 5.75 Å². The van der Waals surface area contributed by atoms with Gasteiger partial charge in [-0.3, -0.25) is 9.69 Å².